The highest BCUT2D eigenvalue weighted by Gasteiger charge is 2.20. The monoisotopic (exact) mass is 368 g/mol. The zero-order valence-electron chi connectivity index (χ0n) is 13.2. The molecular formula is C18H22Cl2N2S. The molecule has 2 heterocycles. The van der Waals surface area contributed by atoms with E-state index in [0.29, 0.717) is 5.25 Å². The minimum atomic E-state index is 0. The van der Waals surface area contributed by atoms with Gasteiger partial charge in [-0.1, -0.05) is 30.7 Å². The average Bonchev–Trinajstić information content (AvgIpc) is 2.80. The van der Waals surface area contributed by atoms with Crippen LogP contribution in [-0.4, -0.2) is 18.1 Å². The Kier molecular flexibility index (Phi) is 7.22. The molecule has 124 valence electrons. The van der Waals surface area contributed by atoms with E-state index in [-0.39, 0.29) is 12.4 Å². The van der Waals surface area contributed by atoms with Crippen molar-refractivity contribution < 1.29 is 0 Å². The molecule has 0 spiro atoms. The lowest BCUT2D eigenvalue weighted by molar-refractivity contribution is 0.709. The van der Waals surface area contributed by atoms with Crippen molar-refractivity contribution in [3.8, 4) is 0 Å². The van der Waals surface area contributed by atoms with E-state index in [1.807, 2.05) is 24.0 Å². The summed E-state index contributed by atoms with van der Waals surface area (Å²) < 4.78 is 0. The summed E-state index contributed by atoms with van der Waals surface area (Å²) in [4.78, 5) is 5.78. The standard InChI is InChI=1S/C18H21ClN2S.ClH/c1-2-17(16-5-3-4-10-21-16)22-18-14-9-12-20-11-8-13(14)6-7-15(18)19;/h3-7,10,17,20H,2,8-9,11-12H2,1H3;1H. The summed E-state index contributed by atoms with van der Waals surface area (Å²) in [5.41, 5.74) is 4.00. The van der Waals surface area contributed by atoms with Crippen molar-refractivity contribution in [2.24, 2.45) is 0 Å². The number of benzene rings is 1. The summed E-state index contributed by atoms with van der Waals surface area (Å²) in [6.07, 6.45) is 5.05. The number of thioether (sulfide) groups is 1. The van der Waals surface area contributed by atoms with Gasteiger partial charge < -0.3 is 5.32 Å². The zero-order chi connectivity index (χ0) is 15.4. The van der Waals surface area contributed by atoms with Crippen molar-refractivity contribution in [3.63, 3.8) is 0 Å². The Bertz CT molecular complexity index is 634. The van der Waals surface area contributed by atoms with E-state index in [9.17, 15) is 0 Å². The number of halogens is 2. The van der Waals surface area contributed by atoms with Crippen LogP contribution >= 0.6 is 35.8 Å². The smallest absolute Gasteiger partial charge is 0.0545 e. The first-order valence-electron chi connectivity index (χ1n) is 7.88. The molecular weight excluding hydrogens is 347 g/mol. The van der Waals surface area contributed by atoms with Gasteiger partial charge in [0.1, 0.15) is 0 Å². The van der Waals surface area contributed by atoms with Gasteiger partial charge in [-0.25, -0.2) is 0 Å². The van der Waals surface area contributed by atoms with E-state index < -0.39 is 0 Å². The Labute approximate surface area is 153 Å². The van der Waals surface area contributed by atoms with Crippen LogP contribution in [0, 0.1) is 0 Å². The van der Waals surface area contributed by atoms with E-state index in [0.717, 1.165) is 43.1 Å². The van der Waals surface area contributed by atoms with Crippen LogP contribution in [0.5, 0.6) is 0 Å². The third-order valence-corrected chi connectivity index (χ3v) is 6.07. The second-order valence-electron chi connectivity index (χ2n) is 5.53. The van der Waals surface area contributed by atoms with Crippen LogP contribution in [0.2, 0.25) is 5.02 Å². The number of hydrogen-bond acceptors (Lipinski definition) is 3. The Morgan fingerprint density at radius 3 is 2.78 bits per heavy atom. The predicted molar refractivity (Wildman–Crippen MR) is 102 cm³/mol. The summed E-state index contributed by atoms with van der Waals surface area (Å²) in [5.74, 6) is 0. The molecule has 1 unspecified atom stereocenters. The highest BCUT2D eigenvalue weighted by atomic mass is 35.5. The second-order valence-corrected chi connectivity index (χ2v) is 7.15. The number of nitrogens with one attached hydrogen (secondary N) is 1. The highest BCUT2D eigenvalue weighted by molar-refractivity contribution is 7.99. The molecule has 0 fully saturated rings. The number of aromatic nitrogens is 1. The number of nitrogens with zero attached hydrogens (tertiary/aromatic N) is 1. The van der Waals surface area contributed by atoms with Crippen LogP contribution < -0.4 is 5.32 Å². The maximum absolute atomic E-state index is 6.54. The predicted octanol–water partition coefficient (Wildman–Crippen LogP) is 5.09. The van der Waals surface area contributed by atoms with Crippen molar-refractivity contribution in [2.75, 3.05) is 13.1 Å². The molecule has 3 rings (SSSR count). The van der Waals surface area contributed by atoms with Gasteiger partial charge in [-0.15, -0.1) is 24.2 Å². The molecule has 0 saturated carbocycles. The number of fused-ring (bicyclic) bond motifs is 1. The third-order valence-electron chi connectivity index (χ3n) is 4.08. The molecule has 0 saturated heterocycles. The van der Waals surface area contributed by atoms with Crippen molar-refractivity contribution in [1.29, 1.82) is 0 Å². The Morgan fingerprint density at radius 2 is 2.04 bits per heavy atom. The average molecular weight is 369 g/mol. The van der Waals surface area contributed by atoms with Crippen molar-refractivity contribution in [1.82, 2.24) is 10.3 Å². The minimum absolute atomic E-state index is 0. The van der Waals surface area contributed by atoms with E-state index in [4.69, 9.17) is 11.6 Å². The van der Waals surface area contributed by atoms with Gasteiger partial charge in [0.25, 0.3) is 0 Å². The van der Waals surface area contributed by atoms with Gasteiger partial charge in [-0.3, -0.25) is 4.98 Å². The molecule has 0 bridgehead atoms. The topological polar surface area (TPSA) is 24.9 Å². The SMILES string of the molecule is CCC(Sc1c(Cl)ccc2c1CCNCC2)c1ccccn1.Cl. The quantitative estimate of drug-likeness (QED) is 0.760. The maximum atomic E-state index is 6.54. The van der Waals surface area contributed by atoms with Gasteiger partial charge in [0, 0.05) is 11.1 Å². The molecule has 1 aromatic carbocycles. The Morgan fingerprint density at radius 1 is 1.22 bits per heavy atom. The summed E-state index contributed by atoms with van der Waals surface area (Å²) >= 11 is 8.41. The first-order chi connectivity index (χ1) is 10.8. The van der Waals surface area contributed by atoms with Crippen molar-refractivity contribution in [3.05, 3.63) is 58.4 Å². The van der Waals surface area contributed by atoms with E-state index >= 15 is 0 Å². The van der Waals surface area contributed by atoms with Crippen LogP contribution in [0.1, 0.15) is 35.4 Å². The molecule has 0 aliphatic carbocycles. The fourth-order valence-electron chi connectivity index (χ4n) is 2.90. The van der Waals surface area contributed by atoms with Gasteiger partial charge in [0.05, 0.1) is 16.0 Å². The largest absolute Gasteiger partial charge is 0.316 e. The zero-order valence-corrected chi connectivity index (χ0v) is 15.6. The molecule has 5 heteroatoms. The summed E-state index contributed by atoms with van der Waals surface area (Å²) in [6, 6.07) is 10.4. The first-order valence-corrected chi connectivity index (χ1v) is 9.14. The third kappa shape index (κ3) is 4.42. The number of rotatable bonds is 4. The lowest BCUT2D eigenvalue weighted by atomic mass is 10.0. The molecule has 1 atom stereocenters. The molecule has 0 amide bonds. The van der Waals surface area contributed by atoms with Gasteiger partial charge in [0.15, 0.2) is 0 Å². The molecule has 23 heavy (non-hydrogen) atoms. The van der Waals surface area contributed by atoms with Gasteiger partial charge in [0.2, 0.25) is 0 Å². The van der Waals surface area contributed by atoms with Gasteiger partial charge in [-0.2, -0.15) is 0 Å². The van der Waals surface area contributed by atoms with Gasteiger partial charge in [-0.05, 0) is 61.7 Å². The fraction of sp³-hybridized carbons (Fsp3) is 0.389. The van der Waals surface area contributed by atoms with E-state index in [1.165, 1.54) is 16.0 Å². The molecule has 2 aromatic rings. The second kappa shape index (κ2) is 8.93. The van der Waals surface area contributed by atoms with Gasteiger partial charge >= 0.3 is 0 Å². The molecule has 1 aromatic heterocycles. The summed E-state index contributed by atoms with van der Waals surface area (Å²) in [5, 5.41) is 4.70. The molecule has 1 aliphatic heterocycles. The van der Waals surface area contributed by atoms with Crippen molar-refractivity contribution >= 4 is 35.8 Å². The van der Waals surface area contributed by atoms with Crippen LogP contribution in [0.3, 0.4) is 0 Å². The molecule has 0 radical (unpaired) electrons. The minimum Gasteiger partial charge on any atom is -0.316 e. The fourth-order valence-corrected chi connectivity index (χ4v) is 4.48. The molecule has 2 nitrogen and oxygen atoms in total. The van der Waals surface area contributed by atoms with Crippen LogP contribution in [0.4, 0.5) is 0 Å². The highest BCUT2D eigenvalue weighted by Crippen LogP contribution is 2.43. The van der Waals surface area contributed by atoms with Crippen LogP contribution in [0.25, 0.3) is 0 Å². The lowest BCUT2D eigenvalue weighted by Gasteiger charge is -2.19. The van der Waals surface area contributed by atoms with Crippen LogP contribution in [0.15, 0.2) is 41.4 Å². The first kappa shape index (κ1) is 18.6. The van der Waals surface area contributed by atoms with Crippen LogP contribution in [-0.2, 0) is 12.8 Å². The van der Waals surface area contributed by atoms with E-state index in [1.54, 1.807) is 0 Å². The Balaban J connectivity index is 0.00000192. The molecule has 1 aliphatic rings. The molecule has 1 N–H and O–H groups in total. The Hall–Kier alpha value is -0.740. The number of hydrogen-bond donors (Lipinski definition) is 1. The summed E-state index contributed by atoms with van der Waals surface area (Å²) in [6.45, 7) is 4.29. The lowest BCUT2D eigenvalue weighted by Crippen LogP contribution is -2.16. The van der Waals surface area contributed by atoms with Crippen molar-refractivity contribution in [2.45, 2.75) is 36.3 Å². The summed E-state index contributed by atoms with van der Waals surface area (Å²) in [7, 11) is 0. The number of pyridine rings is 1. The maximum Gasteiger partial charge on any atom is 0.0545 e. The normalized spacial score (nSPS) is 15.2. The van der Waals surface area contributed by atoms with E-state index in [2.05, 4.69) is 41.5 Å².